The molecule has 0 spiro atoms. The molecule has 0 aliphatic heterocycles. The Morgan fingerprint density at radius 2 is 0.574 bits per heavy atom. The number of rotatable bonds is 50. The number of unbranched alkanes of at least 4 members (excludes halogenated alkanes) is 23. The average molecular weight is 946 g/mol. The van der Waals surface area contributed by atoms with Gasteiger partial charge in [0.1, 0.15) is 13.2 Å². The smallest absolute Gasteiger partial charge is 0.306 e. The lowest BCUT2D eigenvalue weighted by Gasteiger charge is -2.18. The van der Waals surface area contributed by atoms with Crippen LogP contribution in [-0.2, 0) is 28.6 Å². The molecule has 0 rings (SSSR count). The first-order chi connectivity index (χ1) is 33.5. The number of hydrogen-bond acceptors (Lipinski definition) is 6. The van der Waals surface area contributed by atoms with Crippen molar-refractivity contribution in [1.29, 1.82) is 0 Å². The molecule has 68 heavy (non-hydrogen) atoms. The Labute approximate surface area is 419 Å². The van der Waals surface area contributed by atoms with Crippen LogP contribution in [0.5, 0.6) is 0 Å². The van der Waals surface area contributed by atoms with Crippen LogP contribution in [0.2, 0.25) is 0 Å². The SMILES string of the molecule is CC/C=C\C/C=C\C/C=C\C/C=C\C/C=C\C/C=C\CCCCCCC(=O)OCC(COC(=O)CCCCCCC/C=C\CCCCCC)OC(=O)CCCCCCC/C=C\CCCCCCC. The summed E-state index contributed by atoms with van der Waals surface area (Å²) in [6.45, 7) is 6.47. The first kappa shape index (κ1) is 64.3. The molecule has 388 valence electrons. The van der Waals surface area contributed by atoms with E-state index < -0.39 is 6.10 Å². The van der Waals surface area contributed by atoms with E-state index in [1.54, 1.807) is 0 Å². The van der Waals surface area contributed by atoms with E-state index in [1.807, 2.05) is 0 Å². The van der Waals surface area contributed by atoms with Gasteiger partial charge in [-0.3, -0.25) is 14.4 Å². The first-order valence-corrected chi connectivity index (χ1v) is 28.2. The van der Waals surface area contributed by atoms with Gasteiger partial charge in [0.15, 0.2) is 6.10 Å². The normalized spacial score (nSPS) is 12.8. The molecule has 6 nitrogen and oxygen atoms in total. The standard InChI is InChI=1S/C62H104O6/c1-4-7-10-13-16-19-22-25-27-28-29-30-31-32-33-34-35-38-40-43-46-49-52-55-61(64)67-58-59(57-66-60(63)54-51-48-45-42-39-36-24-21-18-15-12-9-6-3)68-62(65)56-53-50-47-44-41-37-26-23-20-17-14-11-8-5-2/h7,10,16,19,21,23-27,29-30,32-33,35,38,59H,4-6,8-9,11-15,17-18,20,22,28,31,34,36-37,39-58H2,1-3H3/b10-7-,19-16-,24-21-,26-23-,27-25-,30-29-,33-32-,38-35-. The molecular formula is C62H104O6. The van der Waals surface area contributed by atoms with Crippen LogP contribution in [0.25, 0.3) is 0 Å². The Morgan fingerprint density at radius 1 is 0.309 bits per heavy atom. The maximum Gasteiger partial charge on any atom is 0.306 e. The van der Waals surface area contributed by atoms with Crippen LogP contribution in [0.1, 0.15) is 258 Å². The highest BCUT2D eigenvalue weighted by Crippen LogP contribution is 2.14. The highest BCUT2D eigenvalue weighted by molar-refractivity contribution is 5.71. The summed E-state index contributed by atoms with van der Waals surface area (Å²) < 4.78 is 16.8. The minimum Gasteiger partial charge on any atom is -0.462 e. The molecular weight excluding hydrogens is 841 g/mol. The molecule has 0 bridgehead atoms. The van der Waals surface area contributed by atoms with E-state index in [0.717, 1.165) is 128 Å². The second-order valence-corrected chi connectivity index (χ2v) is 18.5. The van der Waals surface area contributed by atoms with Crippen LogP contribution < -0.4 is 0 Å². The molecule has 0 aliphatic rings. The second kappa shape index (κ2) is 55.9. The Hall–Kier alpha value is -3.67. The van der Waals surface area contributed by atoms with Gasteiger partial charge in [0.25, 0.3) is 0 Å². The fourth-order valence-corrected chi connectivity index (χ4v) is 7.55. The molecule has 0 N–H and O–H groups in total. The van der Waals surface area contributed by atoms with Crippen molar-refractivity contribution in [2.45, 2.75) is 264 Å². The molecule has 0 saturated heterocycles. The number of allylic oxidation sites excluding steroid dienone is 16. The van der Waals surface area contributed by atoms with E-state index in [-0.39, 0.29) is 31.1 Å². The van der Waals surface area contributed by atoms with Gasteiger partial charge in [-0.15, -0.1) is 0 Å². The third-order valence-electron chi connectivity index (χ3n) is 11.8. The Balaban J connectivity index is 4.42. The van der Waals surface area contributed by atoms with Crippen molar-refractivity contribution >= 4 is 17.9 Å². The first-order valence-electron chi connectivity index (χ1n) is 28.2. The maximum absolute atomic E-state index is 12.8. The van der Waals surface area contributed by atoms with Crippen molar-refractivity contribution in [3.05, 3.63) is 97.2 Å². The lowest BCUT2D eigenvalue weighted by Crippen LogP contribution is -2.30. The van der Waals surface area contributed by atoms with Crippen LogP contribution >= 0.6 is 0 Å². The van der Waals surface area contributed by atoms with Gasteiger partial charge in [0.2, 0.25) is 0 Å². The molecule has 0 saturated carbocycles. The van der Waals surface area contributed by atoms with Gasteiger partial charge in [0, 0.05) is 19.3 Å². The number of esters is 3. The summed E-state index contributed by atoms with van der Waals surface area (Å²) in [5, 5.41) is 0. The predicted octanol–water partition coefficient (Wildman–Crippen LogP) is 18.9. The molecule has 0 aromatic carbocycles. The summed E-state index contributed by atoms with van der Waals surface area (Å²) in [7, 11) is 0. The Morgan fingerprint density at radius 3 is 0.926 bits per heavy atom. The molecule has 0 aliphatic carbocycles. The molecule has 0 fully saturated rings. The van der Waals surface area contributed by atoms with Crippen LogP contribution in [0.4, 0.5) is 0 Å². The largest absolute Gasteiger partial charge is 0.462 e. The van der Waals surface area contributed by atoms with E-state index in [4.69, 9.17) is 14.2 Å². The Kier molecular flexibility index (Phi) is 52.9. The monoisotopic (exact) mass is 945 g/mol. The van der Waals surface area contributed by atoms with Gasteiger partial charge in [-0.05, 0) is 122 Å². The van der Waals surface area contributed by atoms with Crippen LogP contribution in [0.15, 0.2) is 97.2 Å². The zero-order chi connectivity index (χ0) is 49.3. The van der Waals surface area contributed by atoms with Crippen molar-refractivity contribution in [3.63, 3.8) is 0 Å². The highest BCUT2D eigenvalue weighted by Gasteiger charge is 2.19. The number of carbonyl (C=O) groups is 3. The predicted molar refractivity (Wildman–Crippen MR) is 293 cm³/mol. The van der Waals surface area contributed by atoms with E-state index in [1.165, 1.54) is 89.9 Å². The van der Waals surface area contributed by atoms with E-state index in [0.29, 0.717) is 19.3 Å². The van der Waals surface area contributed by atoms with Crippen LogP contribution in [0, 0.1) is 0 Å². The van der Waals surface area contributed by atoms with Crippen molar-refractivity contribution in [2.75, 3.05) is 13.2 Å². The fraction of sp³-hybridized carbons (Fsp3) is 0.694. The fourth-order valence-electron chi connectivity index (χ4n) is 7.55. The number of ether oxygens (including phenoxy) is 3. The zero-order valence-corrected chi connectivity index (χ0v) is 44.3. The summed E-state index contributed by atoms with van der Waals surface area (Å²) in [5.41, 5.74) is 0. The molecule has 0 amide bonds. The lowest BCUT2D eigenvalue weighted by molar-refractivity contribution is -0.167. The molecule has 6 heteroatoms. The third-order valence-corrected chi connectivity index (χ3v) is 11.8. The van der Waals surface area contributed by atoms with Crippen molar-refractivity contribution in [2.24, 2.45) is 0 Å². The summed E-state index contributed by atoms with van der Waals surface area (Å²) in [5.74, 6) is -0.935. The van der Waals surface area contributed by atoms with E-state index in [9.17, 15) is 14.4 Å². The second-order valence-electron chi connectivity index (χ2n) is 18.5. The van der Waals surface area contributed by atoms with Crippen molar-refractivity contribution in [1.82, 2.24) is 0 Å². The summed E-state index contributed by atoms with van der Waals surface area (Å²) >= 11 is 0. The zero-order valence-electron chi connectivity index (χ0n) is 44.3. The van der Waals surface area contributed by atoms with E-state index in [2.05, 4.69) is 118 Å². The minimum atomic E-state index is -0.796. The van der Waals surface area contributed by atoms with Crippen molar-refractivity contribution in [3.8, 4) is 0 Å². The molecule has 1 atom stereocenters. The lowest BCUT2D eigenvalue weighted by atomic mass is 10.1. The summed E-state index contributed by atoms with van der Waals surface area (Å²) in [6, 6.07) is 0. The minimum absolute atomic E-state index is 0.0938. The quantitative estimate of drug-likeness (QED) is 0.0262. The third kappa shape index (κ3) is 53.3. The maximum atomic E-state index is 12.8. The van der Waals surface area contributed by atoms with Gasteiger partial charge in [-0.1, -0.05) is 214 Å². The molecule has 1 unspecified atom stereocenters. The molecule has 0 radical (unpaired) electrons. The van der Waals surface area contributed by atoms with Crippen LogP contribution in [-0.4, -0.2) is 37.2 Å². The highest BCUT2D eigenvalue weighted by atomic mass is 16.6. The van der Waals surface area contributed by atoms with Gasteiger partial charge in [0.05, 0.1) is 0 Å². The van der Waals surface area contributed by atoms with Gasteiger partial charge >= 0.3 is 17.9 Å². The van der Waals surface area contributed by atoms with Gasteiger partial charge in [-0.2, -0.15) is 0 Å². The van der Waals surface area contributed by atoms with Gasteiger partial charge < -0.3 is 14.2 Å². The van der Waals surface area contributed by atoms with Crippen molar-refractivity contribution < 1.29 is 28.6 Å². The Bertz CT molecular complexity index is 1360. The number of carbonyl (C=O) groups excluding carboxylic acids is 3. The average Bonchev–Trinajstić information content (AvgIpc) is 3.34. The van der Waals surface area contributed by atoms with E-state index >= 15 is 0 Å². The van der Waals surface area contributed by atoms with Crippen LogP contribution in [0.3, 0.4) is 0 Å². The van der Waals surface area contributed by atoms with Gasteiger partial charge in [-0.25, -0.2) is 0 Å². The summed E-state index contributed by atoms with van der Waals surface area (Å²) in [6.07, 6.45) is 73.9. The number of hydrogen-bond donors (Lipinski definition) is 0. The molecule has 0 aromatic heterocycles. The molecule has 0 heterocycles. The topological polar surface area (TPSA) is 78.9 Å². The molecule has 0 aromatic rings. The summed E-state index contributed by atoms with van der Waals surface area (Å²) in [4.78, 5) is 38.1.